The summed E-state index contributed by atoms with van der Waals surface area (Å²) in [6, 6.07) is 11.8. The number of aromatic amines is 1. The van der Waals surface area contributed by atoms with E-state index < -0.39 is 17.5 Å². The van der Waals surface area contributed by atoms with Gasteiger partial charge in [-0.25, -0.2) is 19.3 Å². The maximum absolute atomic E-state index is 12.9. The van der Waals surface area contributed by atoms with Crippen LogP contribution in [-0.2, 0) is 11.3 Å². The van der Waals surface area contributed by atoms with Crippen LogP contribution in [0.3, 0.4) is 0 Å². The van der Waals surface area contributed by atoms with Crippen molar-refractivity contribution in [1.82, 2.24) is 30.3 Å². The van der Waals surface area contributed by atoms with E-state index in [1.807, 2.05) is 25.1 Å². The molecule has 3 N–H and O–H groups in total. The minimum Gasteiger partial charge on any atom is -0.330 e. The average molecular weight is 456 g/mol. The van der Waals surface area contributed by atoms with Gasteiger partial charge in [-0.15, -0.1) is 0 Å². The minimum atomic E-state index is -1.58. The molecule has 5 rings (SSSR count). The third-order valence-electron chi connectivity index (χ3n) is 5.90. The topological polar surface area (TPSA) is 129 Å². The van der Waals surface area contributed by atoms with E-state index in [2.05, 4.69) is 32.7 Å². The first-order chi connectivity index (χ1) is 16.3. The monoisotopic (exact) mass is 456 g/mol. The van der Waals surface area contributed by atoms with Crippen LogP contribution in [0.4, 0.5) is 4.79 Å². The van der Waals surface area contributed by atoms with Gasteiger partial charge in [-0.2, -0.15) is 5.10 Å². The smallest absolute Gasteiger partial charge is 0.330 e. The van der Waals surface area contributed by atoms with Gasteiger partial charge in [-0.05, 0) is 49.7 Å². The van der Waals surface area contributed by atoms with Gasteiger partial charge in [0, 0.05) is 17.7 Å². The summed E-state index contributed by atoms with van der Waals surface area (Å²) in [5.74, 6) is 5.50. The first-order valence-corrected chi connectivity index (χ1v) is 10.6. The molecule has 1 aromatic heterocycles. The van der Waals surface area contributed by atoms with Crippen LogP contribution in [-0.4, -0.2) is 49.6 Å². The second-order valence-electron chi connectivity index (χ2n) is 8.34. The standard InChI is InChI=1S/C24H20N6O4/c1-14-3-6-17-12-29(20(31)19(17)11-14)13-24(21(32)25-22(33)26-24)10-9-16-4-7-18(8-5-16)30-15(2)27-28-23(30)34/h3-8,11H,12-13H2,1-2H3,(H,28,34)(H2,25,26,32,33)/t24-/m1/s1. The van der Waals surface area contributed by atoms with Crippen molar-refractivity contribution in [1.29, 1.82) is 0 Å². The second kappa shape index (κ2) is 7.74. The van der Waals surface area contributed by atoms with E-state index in [1.165, 1.54) is 9.47 Å². The van der Waals surface area contributed by atoms with E-state index in [0.29, 0.717) is 29.2 Å². The Hall–Kier alpha value is -4.65. The predicted molar refractivity (Wildman–Crippen MR) is 121 cm³/mol. The summed E-state index contributed by atoms with van der Waals surface area (Å²) in [7, 11) is 0. The fourth-order valence-electron chi connectivity index (χ4n) is 4.17. The Bertz CT molecular complexity index is 1470. The van der Waals surface area contributed by atoms with Gasteiger partial charge in [-0.1, -0.05) is 29.5 Å². The molecule has 2 aliphatic rings. The Morgan fingerprint density at radius 1 is 1.06 bits per heavy atom. The number of benzene rings is 2. The van der Waals surface area contributed by atoms with Crippen LogP contribution in [0.5, 0.6) is 0 Å². The number of nitrogens with zero attached hydrogens (tertiary/aromatic N) is 3. The summed E-state index contributed by atoms with van der Waals surface area (Å²) >= 11 is 0. The lowest BCUT2D eigenvalue weighted by Crippen LogP contribution is -2.54. The number of hydrogen-bond donors (Lipinski definition) is 3. The predicted octanol–water partition coefficient (Wildman–Crippen LogP) is 0.763. The Labute approximate surface area is 194 Å². The number of imide groups is 1. The lowest BCUT2D eigenvalue weighted by atomic mass is 9.99. The normalized spacial score (nSPS) is 18.9. The van der Waals surface area contributed by atoms with Gasteiger partial charge in [-0.3, -0.25) is 14.9 Å². The number of amides is 4. The third-order valence-corrected chi connectivity index (χ3v) is 5.90. The highest BCUT2D eigenvalue weighted by Gasteiger charge is 2.48. The molecular formula is C24H20N6O4. The van der Waals surface area contributed by atoms with E-state index in [1.54, 1.807) is 31.2 Å². The molecule has 2 aromatic carbocycles. The van der Waals surface area contributed by atoms with Crippen LogP contribution in [0.15, 0.2) is 47.3 Å². The van der Waals surface area contributed by atoms with E-state index in [9.17, 15) is 19.2 Å². The third kappa shape index (κ3) is 3.53. The number of carbonyl (C=O) groups excluding carboxylic acids is 3. The van der Waals surface area contributed by atoms with Crippen LogP contribution in [0, 0.1) is 25.7 Å². The van der Waals surface area contributed by atoms with E-state index >= 15 is 0 Å². The molecule has 0 aliphatic carbocycles. The Morgan fingerprint density at radius 3 is 2.47 bits per heavy atom. The number of fused-ring (bicyclic) bond motifs is 1. The molecule has 0 spiro atoms. The number of nitrogens with one attached hydrogen (secondary N) is 3. The number of rotatable bonds is 3. The number of aryl methyl sites for hydroxylation is 2. The molecule has 1 atom stereocenters. The number of urea groups is 1. The molecule has 0 saturated carbocycles. The fourth-order valence-corrected chi connectivity index (χ4v) is 4.17. The number of carbonyl (C=O) groups is 3. The summed E-state index contributed by atoms with van der Waals surface area (Å²) in [5, 5.41) is 11.1. The molecule has 3 heterocycles. The van der Waals surface area contributed by atoms with E-state index in [0.717, 1.165) is 11.1 Å². The lowest BCUT2D eigenvalue weighted by Gasteiger charge is -2.26. The summed E-state index contributed by atoms with van der Waals surface area (Å²) < 4.78 is 1.42. The van der Waals surface area contributed by atoms with Crippen molar-refractivity contribution >= 4 is 17.8 Å². The highest BCUT2D eigenvalue weighted by Crippen LogP contribution is 2.26. The number of H-pyrrole nitrogens is 1. The zero-order valence-corrected chi connectivity index (χ0v) is 18.4. The molecule has 0 bridgehead atoms. The van der Waals surface area contributed by atoms with Gasteiger partial charge in [0.15, 0.2) is 0 Å². The quantitative estimate of drug-likeness (QED) is 0.396. The van der Waals surface area contributed by atoms with Crippen molar-refractivity contribution in [3.63, 3.8) is 0 Å². The van der Waals surface area contributed by atoms with Crippen molar-refractivity contribution < 1.29 is 14.4 Å². The fraction of sp³-hybridized carbons (Fsp3) is 0.208. The molecule has 170 valence electrons. The Morgan fingerprint density at radius 2 is 1.82 bits per heavy atom. The second-order valence-corrected chi connectivity index (χ2v) is 8.34. The van der Waals surface area contributed by atoms with Gasteiger partial charge in [0.05, 0.1) is 12.2 Å². The average Bonchev–Trinajstić information content (AvgIpc) is 3.40. The highest BCUT2D eigenvalue weighted by atomic mass is 16.2. The van der Waals surface area contributed by atoms with Crippen molar-refractivity contribution in [3.05, 3.63) is 81.0 Å². The van der Waals surface area contributed by atoms with Crippen molar-refractivity contribution in [2.75, 3.05) is 6.54 Å². The van der Waals surface area contributed by atoms with Crippen molar-refractivity contribution in [2.45, 2.75) is 25.9 Å². The summed E-state index contributed by atoms with van der Waals surface area (Å²) in [6.07, 6.45) is 0. The molecule has 1 saturated heterocycles. The molecule has 0 radical (unpaired) electrons. The Balaban J connectivity index is 1.43. The summed E-state index contributed by atoms with van der Waals surface area (Å²) in [4.78, 5) is 51.1. The molecule has 10 heteroatoms. The maximum atomic E-state index is 12.9. The molecule has 34 heavy (non-hydrogen) atoms. The zero-order valence-electron chi connectivity index (χ0n) is 18.4. The first-order valence-electron chi connectivity index (χ1n) is 10.6. The molecule has 2 aliphatic heterocycles. The van der Waals surface area contributed by atoms with Crippen LogP contribution in [0.2, 0.25) is 0 Å². The van der Waals surface area contributed by atoms with Gasteiger partial charge in [0.2, 0.25) is 5.54 Å². The van der Waals surface area contributed by atoms with Gasteiger partial charge in [0.1, 0.15) is 5.82 Å². The molecule has 1 fully saturated rings. The molecule has 4 amide bonds. The number of aromatic nitrogens is 3. The highest BCUT2D eigenvalue weighted by molar-refractivity contribution is 6.10. The van der Waals surface area contributed by atoms with Crippen LogP contribution in [0.1, 0.15) is 32.9 Å². The summed E-state index contributed by atoms with van der Waals surface area (Å²) in [5.41, 5.74) is 1.66. The zero-order chi connectivity index (χ0) is 24.0. The van der Waals surface area contributed by atoms with Crippen molar-refractivity contribution in [3.8, 4) is 17.5 Å². The van der Waals surface area contributed by atoms with Crippen LogP contribution in [0.25, 0.3) is 5.69 Å². The van der Waals surface area contributed by atoms with Gasteiger partial charge < -0.3 is 10.2 Å². The molecule has 0 unspecified atom stereocenters. The first kappa shape index (κ1) is 21.2. The van der Waals surface area contributed by atoms with Gasteiger partial charge in [0.25, 0.3) is 11.8 Å². The summed E-state index contributed by atoms with van der Waals surface area (Å²) in [6.45, 7) is 3.85. The van der Waals surface area contributed by atoms with E-state index in [4.69, 9.17) is 0 Å². The SMILES string of the molecule is Cc1ccc2c(c1)C(=O)N(C[C@@]1(C#Cc3ccc(-n4c(C)n[nH]c4=O)cc3)NC(=O)NC1=O)C2. The molecule has 10 nitrogen and oxygen atoms in total. The van der Waals surface area contributed by atoms with E-state index in [-0.39, 0.29) is 18.1 Å². The largest absolute Gasteiger partial charge is 0.347 e. The van der Waals surface area contributed by atoms with Crippen LogP contribution < -0.4 is 16.3 Å². The lowest BCUT2D eigenvalue weighted by molar-refractivity contribution is -0.122. The minimum absolute atomic E-state index is 0.0914. The van der Waals surface area contributed by atoms with Crippen LogP contribution >= 0.6 is 0 Å². The Kier molecular flexibility index (Phi) is 4.83. The van der Waals surface area contributed by atoms with Gasteiger partial charge >= 0.3 is 11.7 Å². The molecular weight excluding hydrogens is 436 g/mol. The number of hydrogen-bond acceptors (Lipinski definition) is 5. The maximum Gasteiger partial charge on any atom is 0.347 e. The molecule has 3 aromatic rings. The van der Waals surface area contributed by atoms with Crippen molar-refractivity contribution in [2.24, 2.45) is 0 Å².